The van der Waals surface area contributed by atoms with Crippen molar-refractivity contribution in [2.75, 3.05) is 19.8 Å². The van der Waals surface area contributed by atoms with Crippen LogP contribution in [0.4, 0.5) is 0 Å². The van der Waals surface area contributed by atoms with E-state index in [2.05, 4.69) is 18.2 Å². The molecule has 0 aliphatic rings. The molecule has 0 fully saturated rings. The van der Waals surface area contributed by atoms with E-state index in [1.807, 2.05) is 54.6 Å². The van der Waals surface area contributed by atoms with E-state index >= 15 is 0 Å². The van der Waals surface area contributed by atoms with Crippen LogP contribution in [0.2, 0.25) is 5.02 Å². The number of benzene rings is 3. The lowest BCUT2D eigenvalue weighted by atomic mass is 10.1. The van der Waals surface area contributed by atoms with Gasteiger partial charge in [0.05, 0.1) is 0 Å². The fourth-order valence-electron chi connectivity index (χ4n) is 2.79. The van der Waals surface area contributed by atoms with Gasteiger partial charge < -0.3 is 15.2 Å². The molecule has 4 heteroatoms. The van der Waals surface area contributed by atoms with Crippen LogP contribution in [0.1, 0.15) is 5.56 Å². The van der Waals surface area contributed by atoms with Crippen molar-refractivity contribution in [1.29, 1.82) is 0 Å². The van der Waals surface area contributed by atoms with E-state index in [4.69, 9.17) is 26.8 Å². The van der Waals surface area contributed by atoms with Crippen LogP contribution in [0, 0.1) is 0 Å². The average Bonchev–Trinajstić information content (AvgIpc) is 2.68. The Labute approximate surface area is 159 Å². The van der Waals surface area contributed by atoms with E-state index in [-0.39, 0.29) is 0 Å². The van der Waals surface area contributed by atoms with Crippen molar-refractivity contribution >= 4 is 11.6 Å². The fourth-order valence-corrected chi connectivity index (χ4v) is 2.99. The summed E-state index contributed by atoms with van der Waals surface area (Å²) in [5.41, 5.74) is 8.88. The highest BCUT2D eigenvalue weighted by atomic mass is 35.5. The van der Waals surface area contributed by atoms with Gasteiger partial charge in [0.2, 0.25) is 0 Å². The van der Waals surface area contributed by atoms with Crippen molar-refractivity contribution in [2.45, 2.75) is 6.42 Å². The number of halogens is 1. The molecule has 0 unspecified atom stereocenters. The van der Waals surface area contributed by atoms with Gasteiger partial charge in [0.1, 0.15) is 24.7 Å². The van der Waals surface area contributed by atoms with Crippen molar-refractivity contribution < 1.29 is 9.47 Å². The lowest BCUT2D eigenvalue weighted by Gasteiger charge is -2.14. The topological polar surface area (TPSA) is 44.5 Å². The molecule has 26 heavy (non-hydrogen) atoms. The van der Waals surface area contributed by atoms with E-state index in [0.717, 1.165) is 34.6 Å². The van der Waals surface area contributed by atoms with Crippen LogP contribution in [0.5, 0.6) is 11.5 Å². The summed E-state index contributed by atoms with van der Waals surface area (Å²) in [7, 11) is 0. The second-order valence-corrected chi connectivity index (χ2v) is 6.29. The minimum atomic E-state index is 0.447. The van der Waals surface area contributed by atoms with E-state index in [1.165, 1.54) is 0 Å². The maximum atomic E-state index is 6.05. The Kier molecular flexibility index (Phi) is 6.53. The number of hydrogen-bond acceptors (Lipinski definition) is 3. The van der Waals surface area contributed by atoms with Crippen molar-refractivity contribution in [1.82, 2.24) is 0 Å². The third-order valence-corrected chi connectivity index (χ3v) is 4.24. The van der Waals surface area contributed by atoms with Gasteiger partial charge in [-0.1, -0.05) is 60.1 Å². The number of ether oxygens (including phenoxy) is 2. The van der Waals surface area contributed by atoms with E-state index < -0.39 is 0 Å². The highest BCUT2D eigenvalue weighted by molar-refractivity contribution is 6.30. The third-order valence-electron chi connectivity index (χ3n) is 4.01. The molecule has 0 amide bonds. The van der Waals surface area contributed by atoms with Crippen molar-refractivity contribution in [3.8, 4) is 22.6 Å². The van der Waals surface area contributed by atoms with Crippen LogP contribution in [-0.4, -0.2) is 19.8 Å². The molecule has 0 aromatic heterocycles. The zero-order valence-corrected chi connectivity index (χ0v) is 15.3. The van der Waals surface area contributed by atoms with Gasteiger partial charge in [-0.3, -0.25) is 0 Å². The molecule has 0 atom stereocenters. The Morgan fingerprint density at radius 1 is 0.769 bits per heavy atom. The minimum Gasteiger partial charge on any atom is -0.490 e. The second kappa shape index (κ2) is 9.27. The van der Waals surface area contributed by atoms with Crippen LogP contribution in [0.15, 0.2) is 72.8 Å². The van der Waals surface area contributed by atoms with Crippen LogP contribution < -0.4 is 15.2 Å². The highest BCUT2D eigenvalue weighted by Crippen LogP contribution is 2.29. The molecule has 0 saturated heterocycles. The highest BCUT2D eigenvalue weighted by Gasteiger charge is 2.07. The van der Waals surface area contributed by atoms with Gasteiger partial charge >= 0.3 is 0 Å². The molecule has 0 saturated carbocycles. The zero-order chi connectivity index (χ0) is 18.2. The number of rotatable bonds is 8. The monoisotopic (exact) mass is 367 g/mol. The molecule has 0 aliphatic heterocycles. The number of para-hydroxylation sites is 1. The molecule has 0 heterocycles. The van der Waals surface area contributed by atoms with Gasteiger partial charge in [-0.15, -0.1) is 0 Å². The molecule has 2 N–H and O–H groups in total. The summed E-state index contributed by atoms with van der Waals surface area (Å²) < 4.78 is 11.8. The smallest absolute Gasteiger partial charge is 0.127 e. The summed E-state index contributed by atoms with van der Waals surface area (Å²) in [6.07, 6.45) is 0.730. The quantitative estimate of drug-likeness (QED) is 0.572. The number of hydrogen-bond donors (Lipinski definition) is 1. The van der Waals surface area contributed by atoms with Crippen LogP contribution in [-0.2, 0) is 6.42 Å². The largest absolute Gasteiger partial charge is 0.490 e. The van der Waals surface area contributed by atoms with Gasteiger partial charge in [-0.05, 0) is 48.4 Å². The number of nitrogens with two attached hydrogens (primary N) is 1. The first-order chi connectivity index (χ1) is 12.8. The van der Waals surface area contributed by atoms with E-state index in [1.54, 1.807) is 0 Å². The van der Waals surface area contributed by atoms with Crippen LogP contribution in [0.3, 0.4) is 0 Å². The summed E-state index contributed by atoms with van der Waals surface area (Å²) in [6, 6.07) is 23.8. The van der Waals surface area contributed by atoms with Gasteiger partial charge in [0, 0.05) is 10.6 Å². The molecule has 0 radical (unpaired) electrons. The van der Waals surface area contributed by atoms with E-state index in [0.29, 0.717) is 24.8 Å². The normalized spacial score (nSPS) is 10.5. The van der Waals surface area contributed by atoms with Gasteiger partial charge in [0.25, 0.3) is 0 Å². The fraction of sp³-hybridized carbons (Fsp3) is 0.182. The first-order valence-electron chi connectivity index (χ1n) is 8.66. The molecule has 3 rings (SSSR count). The van der Waals surface area contributed by atoms with Crippen LogP contribution in [0.25, 0.3) is 11.1 Å². The molecule has 3 nitrogen and oxygen atoms in total. The average molecular weight is 368 g/mol. The summed E-state index contributed by atoms with van der Waals surface area (Å²) in [6.45, 7) is 1.45. The zero-order valence-electron chi connectivity index (χ0n) is 14.5. The molecule has 3 aromatic rings. The maximum Gasteiger partial charge on any atom is 0.127 e. The maximum absolute atomic E-state index is 6.05. The summed E-state index contributed by atoms with van der Waals surface area (Å²) in [5, 5.41) is 0.689. The van der Waals surface area contributed by atoms with Gasteiger partial charge in [-0.25, -0.2) is 0 Å². The predicted molar refractivity (Wildman–Crippen MR) is 107 cm³/mol. The second-order valence-electron chi connectivity index (χ2n) is 5.85. The lowest BCUT2D eigenvalue weighted by molar-refractivity contribution is 0.216. The molecule has 0 aliphatic carbocycles. The minimum absolute atomic E-state index is 0.447. The summed E-state index contributed by atoms with van der Waals surface area (Å²) in [5.74, 6) is 1.65. The molecule has 3 aromatic carbocycles. The van der Waals surface area contributed by atoms with Gasteiger partial charge in [0.15, 0.2) is 0 Å². The standard InChI is InChI=1S/C22H22ClNO2/c23-19-10-11-21(18(16-19)12-13-24)25-14-15-26-22-9-5-4-8-20(22)17-6-2-1-3-7-17/h1-11,16H,12-15,24H2. The van der Waals surface area contributed by atoms with Crippen molar-refractivity contribution in [3.63, 3.8) is 0 Å². The van der Waals surface area contributed by atoms with Crippen molar-refractivity contribution in [2.24, 2.45) is 5.73 Å². The molecular weight excluding hydrogens is 346 g/mol. The first-order valence-corrected chi connectivity index (χ1v) is 9.04. The Morgan fingerprint density at radius 2 is 1.46 bits per heavy atom. The SMILES string of the molecule is NCCc1cc(Cl)ccc1OCCOc1ccccc1-c1ccccc1. The lowest BCUT2D eigenvalue weighted by Crippen LogP contribution is -2.11. The Morgan fingerprint density at radius 3 is 2.23 bits per heavy atom. The van der Waals surface area contributed by atoms with Crippen molar-refractivity contribution in [3.05, 3.63) is 83.4 Å². The van der Waals surface area contributed by atoms with E-state index in [9.17, 15) is 0 Å². The molecular formula is C22H22ClNO2. The Bertz CT molecular complexity index is 837. The Balaban J connectivity index is 1.62. The predicted octanol–water partition coefficient (Wildman–Crippen LogP) is 4.97. The molecule has 0 bridgehead atoms. The first kappa shape index (κ1) is 18.3. The molecule has 134 valence electrons. The van der Waals surface area contributed by atoms with Crippen LogP contribution >= 0.6 is 11.6 Å². The Hall–Kier alpha value is -2.49. The third kappa shape index (κ3) is 4.78. The summed E-state index contributed by atoms with van der Waals surface area (Å²) in [4.78, 5) is 0. The summed E-state index contributed by atoms with van der Waals surface area (Å²) >= 11 is 6.05. The molecule has 0 spiro atoms. The van der Waals surface area contributed by atoms with Gasteiger partial charge in [-0.2, -0.15) is 0 Å².